The van der Waals surface area contributed by atoms with E-state index < -0.39 is 5.91 Å². The summed E-state index contributed by atoms with van der Waals surface area (Å²) in [5.74, 6) is 0.104. The van der Waals surface area contributed by atoms with Crippen molar-refractivity contribution >= 4 is 40.0 Å². The first-order valence-electron chi connectivity index (χ1n) is 11.0. The fraction of sp³-hybridized carbons (Fsp3) is 0.103. The summed E-state index contributed by atoms with van der Waals surface area (Å²) < 4.78 is 6.11. The zero-order chi connectivity index (χ0) is 23.9. The third-order valence-corrected chi connectivity index (χ3v) is 5.72. The molecule has 0 aliphatic carbocycles. The number of nitrogens with one attached hydrogen (secondary N) is 1. The monoisotopic (exact) mass is 466 g/mol. The summed E-state index contributed by atoms with van der Waals surface area (Å²) in [7, 11) is 0. The minimum absolute atomic E-state index is 0.0106. The van der Waals surface area contributed by atoms with Gasteiger partial charge in [0.15, 0.2) is 0 Å². The molecule has 4 aromatic rings. The van der Waals surface area contributed by atoms with Crippen molar-refractivity contribution in [3.05, 3.63) is 112 Å². The van der Waals surface area contributed by atoms with Gasteiger partial charge in [0.25, 0.3) is 5.91 Å². The fourth-order valence-corrected chi connectivity index (χ4v) is 3.87. The van der Waals surface area contributed by atoms with Crippen LogP contribution in [-0.4, -0.2) is 5.91 Å². The minimum Gasteiger partial charge on any atom is -0.488 e. The van der Waals surface area contributed by atoms with E-state index in [4.69, 9.17) is 16.3 Å². The van der Waals surface area contributed by atoms with Gasteiger partial charge in [-0.3, -0.25) is 4.79 Å². The van der Waals surface area contributed by atoms with Gasteiger partial charge in [0.05, 0.1) is 0 Å². The van der Waals surface area contributed by atoms with Gasteiger partial charge in [0.2, 0.25) is 0 Å². The molecule has 0 heterocycles. The Morgan fingerprint density at radius 3 is 2.53 bits per heavy atom. The lowest BCUT2D eigenvalue weighted by Gasteiger charge is -2.13. The van der Waals surface area contributed by atoms with E-state index in [1.165, 1.54) is 5.56 Å². The van der Waals surface area contributed by atoms with E-state index in [9.17, 15) is 10.1 Å². The van der Waals surface area contributed by atoms with Crippen LogP contribution in [0.5, 0.6) is 5.75 Å². The number of halogens is 1. The molecular formula is C29H23ClN2O2. The molecule has 4 aromatic carbocycles. The first-order valence-corrected chi connectivity index (χ1v) is 11.4. The number of aryl methyl sites for hydroxylation is 1. The summed E-state index contributed by atoms with van der Waals surface area (Å²) in [6.45, 7) is 2.37. The largest absolute Gasteiger partial charge is 0.488 e. The first-order chi connectivity index (χ1) is 16.6. The van der Waals surface area contributed by atoms with Crippen LogP contribution in [0.25, 0.3) is 16.8 Å². The highest BCUT2D eigenvalue weighted by molar-refractivity contribution is 6.30. The van der Waals surface area contributed by atoms with E-state index in [-0.39, 0.29) is 5.57 Å². The maximum absolute atomic E-state index is 12.9. The number of nitrogens with zero attached hydrogens (tertiary/aromatic N) is 1. The summed E-state index contributed by atoms with van der Waals surface area (Å²) >= 11 is 6.10. The maximum Gasteiger partial charge on any atom is 0.266 e. The summed E-state index contributed by atoms with van der Waals surface area (Å²) in [4.78, 5) is 12.9. The van der Waals surface area contributed by atoms with Gasteiger partial charge in [-0.2, -0.15) is 5.26 Å². The molecule has 1 N–H and O–H groups in total. The van der Waals surface area contributed by atoms with E-state index in [1.54, 1.807) is 6.08 Å². The molecule has 0 aliphatic rings. The number of carbonyl (C=O) groups is 1. The van der Waals surface area contributed by atoms with Gasteiger partial charge in [-0.25, -0.2) is 0 Å². The van der Waals surface area contributed by atoms with Gasteiger partial charge >= 0.3 is 0 Å². The van der Waals surface area contributed by atoms with Crippen LogP contribution in [-0.2, 0) is 17.8 Å². The molecule has 0 aromatic heterocycles. The van der Waals surface area contributed by atoms with Crippen molar-refractivity contribution in [2.75, 3.05) is 5.32 Å². The van der Waals surface area contributed by atoms with Crippen LogP contribution in [0.4, 0.5) is 5.69 Å². The zero-order valence-corrected chi connectivity index (χ0v) is 19.5. The van der Waals surface area contributed by atoms with Crippen LogP contribution in [0.2, 0.25) is 5.02 Å². The number of anilines is 1. The Morgan fingerprint density at radius 2 is 1.79 bits per heavy atom. The van der Waals surface area contributed by atoms with E-state index in [0.29, 0.717) is 28.6 Å². The molecule has 0 saturated heterocycles. The van der Waals surface area contributed by atoms with E-state index in [0.717, 1.165) is 22.8 Å². The molecular weight excluding hydrogens is 444 g/mol. The van der Waals surface area contributed by atoms with Crippen molar-refractivity contribution in [1.29, 1.82) is 5.26 Å². The van der Waals surface area contributed by atoms with Crippen molar-refractivity contribution < 1.29 is 9.53 Å². The van der Waals surface area contributed by atoms with Gasteiger partial charge in [-0.1, -0.05) is 73.1 Å². The molecule has 4 nitrogen and oxygen atoms in total. The van der Waals surface area contributed by atoms with Crippen molar-refractivity contribution in [2.45, 2.75) is 20.0 Å². The van der Waals surface area contributed by atoms with Crippen molar-refractivity contribution in [3.63, 3.8) is 0 Å². The molecule has 168 valence electrons. The van der Waals surface area contributed by atoms with Gasteiger partial charge in [-0.15, -0.1) is 0 Å². The van der Waals surface area contributed by atoms with Gasteiger partial charge in [0, 0.05) is 16.3 Å². The molecule has 0 fully saturated rings. The highest BCUT2D eigenvalue weighted by Crippen LogP contribution is 2.31. The van der Waals surface area contributed by atoms with Crippen LogP contribution in [0.15, 0.2) is 90.5 Å². The van der Waals surface area contributed by atoms with Crippen molar-refractivity contribution in [1.82, 2.24) is 0 Å². The number of rotatable bonds is 7. The molecule has 0 saturated carbocycles. The summed E-state index contributed by atoms with van der Waals surface area (Å²) in [5.41, 5.74) is 3.39. The normalized spacial score (nSPS) is 11.1. The lowest BCUT2D eigenvalue weighted by Crippen LogP contribution is -2.13. The number of hydrogen-bond donors (Lipinski definition) is 1. The Kier molecular flexibility index (Phi) is 7.27. The van der Waals surface area contributed by atoms with E-state index in [2.05, 4.69) is 12.2 Å². The summed E-state index contributed by atoms with van der Waals surface area (Å²) in [6.07, 6.45) is 2.50. The molecule has 5 heteroatoms. The number of fused-ring (bicyclic) bond motifs is 1. The predicted octanol–water partition coefficient (Wildman–Crippen LogP) is 7.18. The predicted molar refractivity (Wildman–Crippen MR) is 138 cm³/mol. The van der Waals surface area contributed by atoms with Crippen LogP contribution in [0, 0.1) is 11.3 Å². The number of amides is 1. The van der Waals surface area contributed by atoms with Crippen LogP contribution in [0.1, 0.15) is 23.6 Å². The van der Waals surface area contributed by atoms with Crippen LogP contribution in [0.3, 0.4) is 0 Å². The minimum atomic E-state index is -0.472. The third kappa shape index (κ3) is 5.46. The molecule has 4 rings (SSSR count). The number of ether oxygens (including phenoxy) is 1. The highest BCUT2D eigenvalue weighted by atomic mass is 35.5. The SMILES string of the molecule is CCc1ccc(NC(=O)/C(C#N)=C/c2c(OCc3cccc(Cl)c3)ccc3ccccc23)cc1. The maximum atomic E-state index is 12.9. The topological polar surface area (TPSA) is 62.1 Å². The Labute approximate surface area is 204 Å². The molecule has 0 unspecified atom stereocenters. The molecule has 1 amide bonds. The van der Waals surface area contributed by atoms with Gasteiger partial charge in [0.1, 0.15) is 24.0 Å². The second-order valence-electron chi connectivity index (χ2n) is 7.79. The van der Waals surface area contributed by atoms with E-state index in [1.807, 2.05) is 91.0 Å². The molecule has 0 bridgehead atoms. The second-order valence-corrected chi connectivity index (χ2v) is 8.23. The molecule has 0 aliphatic heterocycles. The van der Waals surface area contributed by atoms with Crippen LogP contribution < -0.4 is 10.1 Å². The quantitative estimate of drug-likeness (QED) is 0.232. The number of carbonyl (C=O) groups excluding carboxylic acids is 1. The molecule has 34 heavy (non-hydrogen) atoms. The van der Waals surface area contributed by atoms with Gasteiger partial charge < -0.3 is 10.1 Å². The zero-order valence-electron chi connectivity index (χ0n) is 18.7. The fourth-order valence-electron chi connectivity index (χ4n) is 3.65. The Balaban J connectivity index is 1.67. The number of hydrogen-bond acceptors (Lipinski definition) is 3. The second kappa shape index (κ2) is 10.7. The van der Waals surface area contributed by atoms with Crippen molar-refractivity contribution in [3.8, 4) is 11.8 Å². The van der Waals surface area contributed by atoms with E-state index >= 15 is 0 Å². The smallest absolute Gasteiger partial charge is 0.266 e. The molecule has 0 radical (unpaired) electrons. The third-order valence-electron chi connectivity index (χ3n) is 5.49. The Morgan fingerprint density at radius 1 is 1.00 bits per heavy atom. The van der Waals surface area contributed by atoms with Crippen LogP contribution >= 0.6 is 11.6 Å². The molecule has 0 spiro atoms. The Hall–Kier alpha value is -4.07. The average molecular weight is 467 g/mol. The summed E-state index contributed by atoms with van der Waals surface area (Å²) in [6, 6.07) is 28.7. The standard InChI is InChI=1S/C29H23ClN2O2/c1-2-20-10-13-25(14-11-20)32-29(33)23(18-31)17-27-26-9-4-3-7-22(26)12-15-28(27)34-19-21-6-5-8-24(30)16-21/h3-17H,2,19H2,1H3,(H,32,33)/b23-17+. The first kappa shape index (κ1) is 23.1. The number of benzene rings is 4. The van der Waals surface area contributed by atoms with Gasteiger partial charge in [-0.05, 0) is 64.7 Å². The number of nitriles is 1. The Bertz CT molecular complexity index is 1400. The lowest BCUT2D eigenvalue weighted by molar-refractivity contribution is -0.112. The van der Waals surface area contributed by atoms with Crippen molar-refractivity contribution in [2.24, 2.45) is 0 Å². The average Bonchev–Trinajstić information content (AvgIpc) is 2.86. The molecule has 0 atom stereocenters. The lowest BCUT2D eigenvalue weighted by atomic mass is 10.0. The highest BCUT2D eigenvalue weighted by Gasteiger charge is 2.14. The summed E-state index contributed by atoms with van der Waals surface area (Å²) in [5, 5.41) is 15.1.